The second kappa shape index (κ2) is 3.53. The molecule has 1 aliphatic heterocycles. The number of rotatable bonds is 2. The molecular formula is C7H10NO4. The average Bonchev–Trinajstić information content (AvgIpc) is 2.03. The summed E-state index contributed by atoms with van der Waals surface area (Å²) >= 11 is 0. The average molecular weight is 172 g/mol. The fraction of sp³-hybridized carbons (Fsp3) is 0.714. The van der Waals surface area contributed by atoms with E-state index < -0.39 is 18.1 Å². The summed E-state index contributed by atoms with van der Waals surface area (Å²) < 4.78 is 0. The zero-order valence-corrected chi connectivity index (χ0v) is 6.43. The highest BCUT2D eigenvalue weighted by molar-refractivity contribution is 5.76. The largest absolute Gasteiger partial charge is 0.480 e. The number of aliphatic hydroxyl groups excluding tert-OH is 1. The minimum Gasteiger partial charge on any atom is -0.480 e. The van der Waals surface area contributed by atoms with E-state index >= 15 is 0 Å². The first-order valence-corrected chi connectivity index (χ1v) is 3.70. The number of hydrogen-bond acceptors (Lipinski definition) is 3. The Morgan fingerprint density at radius 2 is 2.17 bits per heavy atom. The summed E-state index contributed by atoms with van der Waals surface area (Å²) in [6, 6.07) is -0.814. The minimum absolute atomic E-state index is 0.0699. The number of carbonyl (C=O) groups excluding carboxylic acids is 1. The minimum atomic E-state index is -1.04. The number of β-amino-alcohol motifs (C(OH)–C–C–N with tert-alkyl or cyclic N) is 1. The predicted octanol–water partition coefficient (Wildman–Crippen LogP) is -1.04. The van der Waals surface area contributed by atoms with Crippen LogP contribution in [0.1, 0.15) is 12.8 Å². The van der Waals surface area contributed by atoms with Crippen LogP contribution in [0.4, 0.5) is 0 Å². The van der Waals surface area contributed by atoms with Gasteiger partial charge in [-0.3, -0.25) is 4.79 Å². The summed E-state index contributed by atoms with van der Waals surface area (Å²) in [6.45, 7) is 0.0699. The number of amides is 1. The van der Waals surface area contributed by atoms with Crippen LogP contribution in [-0.4, -0.2) is 46.2 Å². The highest BCUT2D eigenvalue weighted by Gasteiger charge is 2.31. The van der Waals surface area contributed by atoms with E-state index in [-0.39, 0.29) is 6.54 Å². The van der Waals surface area contributed by atoms with Gasteiger partial charge < -0.3 is 15.1 Å². The molecule has 0 aromatic rings. The molecule has 5 heteroatoms. The van der Waals surface area contributed by atoms with Crippen molar-refractivity contribution in [2.45, 2.75) is 25.0 Å². The number of hydrogen-bond donors (Lipinski definition) is 2. The van der Waals surface area contributed by atoms with Crippen LogP contribution in [0.5, 0.6) is 0 Å². The molecule has 1 radical (unpaired) electrons. The van der Waals surface area contributed by atoms with Crippen LogP contribution < -0.4 is 0 Å². The molecular weight excluding hydrogens is 162 g/mol. The van der Waals surface area contributed by atoms with Crippen molar-refractivity contribution < 1.29 is 19.8 Å². The number of aliphatic hydroxyl groups is 1. The molecule has 1 fully saturated rings. The highest BCUT2D eigenvalue weighted by atomic mass is 16.4. The number of likely N-dealkylation sites (tertiary alicyclic amines) is 1. The molecule has 0 aromatic heterocycles. The van der Waals surface area contributed by atoms with Crippen LogP contribution in [-0.2, 0) is 9.59 Å². The van der Waals surface area contributed by atoms with E-state index in [1.54, 1.807) is 0 Å². The summed E-state index contributed by atoms with van der Waals surface area (Å²) in [5.41, 5.74) is 0. The maximum absolute atomic E-state index is 10.5. The van der Waals surface area contributed by atoms with Crippen molar-refractivity contribution in [2.75, 3.05) is 6.54 Å². The van der Waals surface area contributed by atoms with E-state index in [1.807, 2.05) is 0 Å². The summed E-state index contributed by atoms with van der Waals surface area (Å²) in [4.78, 5) is 21.8. The van der Waals surface area contributed by atoms with Crippen molar-refractivity contribution in [3.05, 3.63) is 0 Å². The van der Waals surface area contributed by atoms with Crippen LogP contribution in [0.25, 0.3) is 0 Å². The third kappa shape index (κ3) is 1.73. The molecule has 67 valence electrons. The van der Waals surface area contributed by atoms with Gasteiger partial charge in [-0.25, -0.2) is 4.79 Å². The molecule has 1 heterocycles. The molecule has 5 nitrogen and oxygen atoms in total. The van der Waals surface area contributed by atoms with Crippen LogP contribution in [0.2, 0.25) is 0 Å². The zero-order valence-electron chi connectivity index (χ0n) is 6.43. The van der Waals surface area contributed by atoms with Gasteiger partial charge in [0.1, 0.15) is 6.04 Å². The van der Waals surface area contributed by atoms with Gasteiger partial charge in [0.15, 0.2) is 0 Å². The summed E-state index contributed by atoms with van der Waals surface area (Å²) in [7, 11) is 0. The summed E-state index contributed by atoms with van der Waals surface area (Å²) in [5.74, 6) is -1.04. The Kier molecular flexibility index (Phi) is 2.65. The van der Waals surface area contributed by atoms with Gasteiger partial charge in [-0.1, -0.05) is 0 Å². The van der Waals surface area contributed by atoms with Gasteiger partial charge in [0, 0.05) is 6.54 Å². The zero-order chi connectivity index (χ0) is 9.14. The number of piperidine rings is 1. The standard InChI is InChI=1S/C7H10NO4/c9-4-8-3-5(10)1-2-6(8)7(11)12/h5-6,10H,1-3H2,(H,11,12). The Balaban J connectivity index is 2.62. The lowest BCUT2D eigenvalue weighted by Gasteiger charge is -2.31. The van der Waals surface area contributed by atoms with Gasteiger partial charge in [-0.15, -0.1) is 0 Å². The molecule has 1 amide bonds. The van der Waals surface area contributed by atoms with Crippen molar-refractivity contribution >= 4 is 12.4 Å². The van der Waals surface area contributed by atoms with Crippen LogP contribution in [0.15, 0.2) is 0 Å². The number of carbonyl (C=O) groups is 1. The molecule has 0 bridgehead atoms. The first kappa shape index (κ1) is 8.99. The van der Waals surface area contributed by atoms with Gasteiger partial charge in [-0.2, -0.15) is 0 Å². The molecule has 2 N–H and O–H groups in total. The molecule has 2 unspecified atom stereocenters. The van der Waals surface area contributed by atoms with Crippen molar-refractivity contribution in [1.29, 1.82) is 0 Å². The lowest BCUT2D eigenvalue weighted by molar-refractivity contribution is -0.143. The lowest BCUT2D eigenvalue weighted by Crippen LogP contribution is -2.48. The molecule has 2 atom stereocenters. The third-order valence-electron chi connectivity index (χ3n) is 1.96. The Bertz CT molecular complexity index is 194. The molecule has 1 saturated heterocycles. The Morgan fingerprint density at radius 1 is 1.50 bits per heavy atom. The molecule has 1 aliphatic rings. The van der Waals surface area contributed by atoms with Crippen molar-refractivity contribution in [3.63, 3.8) is 0 Å². The lowest BCUT2D eigenvalue weighted by atomic mass is 10.0. The number of carboxylic acids is 1. The van der Waals surface area contributed by atoms with E-state index in [9.17, 15) is 9.59 Å². The monoisotopic (exact) mass is 172 g/mol. The van der Waals surface area contributed by atoms with Gasteiger partial charge in [0.25, 0.3) is 0 Å². The predicted molar refractivity (Wildman–Crippen MR) is 39.1 cm³/mol. The number of aliphatic carboxylic acids is 1. The first-order valence-electron chi connectivity index (χ1n) is 3.70. The van der Waals surface area contributed by atoms with Gasteiger partial charge in [0.05, 0.1) is 6.10 Å². The maximum atomic E-state index is 10.5. The van der Waals surface area contributed by atoms with E-state index in [0.29, 0.717) is 12.8 Å². The molecule has 0 spiro atoms. The second-order valence-electron chi connectivity index (χ2n) is 2.83. The molecule has 0 aromatic carbocycles. The summed E-state index contributed by atoms with van der Waals surface area (Å²) in [5, 5.41) is 17.7. The van der Waals surface area contributed by atoms with Gasteiger partial charge >= 0.3 is 12.4 Å². The van der Waals surface area contributed by atoms with Gasteiger partial charge in [0.2, 0.25) is 0 Å². The van der Waals surface area contributed by atoms with Crippen LogP contribution in [0.3, 0.4) is 0 Å². The third-order valence-corrected chi connectivity index (χ3v) is 1.96. The van der Waals surface area contributed by atoms with Crippen LogP contribution in [0, 0.1) is 0 Å². The Labute approximate surface area is 69.6 Å². The van der Waals surface area contributed by atoms with Crippen molar-refractivity contribution in [2.24, 2.45) is 0 Å². The topological polar surface area (TPSA) is 77.8 Å². The number of carboxylic acid groups (broad SMARTS) is 1. The maximum Gasteiger partial charge on any atom is 0.326 e. The summed E-state index contributed by atoms with van der Waals surface area (Å²) in [6.07, 6.45) is 1.62. The normalized spacial score (nSPS) is 29.9. The van der Waals surface area contributed by atoms with E-state index in [2.05, 4.69) is 0 Å². The fourth-order valence-electron chi connectivity index (χ4n) is 1.31. The van der Waals surface area contributed by atoms with E-state index in [0.717, 1.165) is 4.90 Å². The fourth-order valence-corrected chi connectivity index (χ4v) is 1.31. The smallest absolute Gasteiger partial charge is 0.326 e. The highest BCUT2D eigenvalue weighted by Crippen LogP contribution is 2.15. The SMILES string of the molecule is O=[C]N1CC(O)CCC1C(=O)O. The van der Waals surface area contributed by atoms with Crippen LogP contribution >= 0.6 is 0 Å². The Morgan fingerprint density at radius 3 is 2.67 bits per heavy atom. The molecule has 1 rings (SSSR count). The van der Waals surface area contributed by atoms with Gasteiger partial charge in [-0.05, 0) is 12.8 Å². The molecule has 0 aliphatic carbocycles. The quantitative estimate of drug-likeness (QED) is 0.558. The van der Waals surface area contributed by atoms with E-state index in [4.69, 9.17) is 10.2 Å². The first-order chi connectivity index (χ1) is 5.65. The Hall–Kier alpha value is -1.10. The molecule has 0 saturated carbocycles. The van der Waals surface area contributed by atoms with Crippen molar-refractivity contribution in [1.82, 2.24) is 4.90 Å². The van der Waals surface area contributed by atoms with Crippen molar-refractivity contribution in [3.8, 4) is 0 Å². The molecule has 12 heavy (non-hydrogen) atoms. The second-order valence-corrected chi connectivity index (χ2v) is 2.83. The van der Waals surface area contributed by atoms with E-state index in [1.165, 1.54) is 6.41 Å². The number of nitrogens with zero attached hydrogens (tertiary/aromatic N) is 1.